The maximum absolute atomic E-state index is 12.3. The van der Waals surface area contributed by atoms with Gasteiger partial charge in [0, 0.05) is 33.0 Å². The zero-order chi connectivity index (χ0) is 14.0. The van der Waals surface area contributed by atoms with Crippen LogP contribution in [0.3, 0.4) is 0 Å². The molecule has 2 aromatic rings. The number of aromatic nitrogens is 4. The number of carbonyl (C=O) groups is 1. The second-order valence-electron chi connectivity index (χ2n) is 4.37. The van der Waals surface area contributed by atoms with Crippen LogP contribution in [0.15, 0.2) is 22.9 Å². The Labute approximate surface area is 120 Å². The Morgan fingerprint density at radius 1 is 1.53 bits per heavy atom. The number of carbonyl (C=O) groups excluding carboxylic acids is 1. The lowest BCUT2D eigenvalue weighted by molar-refractivity contribution is 0.0781. The van der Waals surface area contributed by atoms with Gasteiger partial charge in [-0.2, -0.15) is 10.2 Å². The molecule has 2 rings (SSSR count). The fourth-order valence-corrected chi connectivity index (χ4v) is 2.19. The van der Waals surface area contributed by atoms with Gasteiger partial charge in [-0.05, 0) is 28.9 Å². The van der Waals surface area contributed by atoms with E-state index in [9.17, 15) is 4.79 Å². The van der Waals surface area contributed by atoms with E-state index in [1.54, 1.807) is 27.5 Å². The van der Waals surface area contributed by atoms with Crippen molar-refractivity contribution in [2.24, 2.45) is 7.05 Å². The van der Waals surface area contributed by atoms with Crippen molar-refractivity contribution in [1.82, 2.24) is 24.5 Å². The van der Waals surface area contributed by atoms with Crippen LogP contribution in [0.4, 0.5) is 0 Å². The van der Waals surface area contributed by atoms with E-state index in [4.69, 9.17) is 0 Å². The number of likely N-dealkylation sites (N-methyl/N-ethyl adjacent to an activating group) is 1. The van der Waals surface area contributed by atoms with Gasteiger partial charge in [0.1, 0.15) is 0 Å². The van der Waals surface area contributed by atoms with Crippen LogP contribution in [-0.4, -0.2) is 44.0 Å². The summed E-state index contributed by atoms with van der Waals surface area (Å²) >= 11 is 3.41. The van der Waals surface area contributed by atoms with Crippen LogP contribution in [-0.2, 0) is 13.6 Å². The molecule has 0 saturated heterocycles. The Morgan fingerprint density at radius 3 is 2.79 bits per heavy atom. The number of amides is 1. The normalized spacial score (nSPS) is 10.7. The molecule has 0 spiro atoms. The summed E-state index contributed by atoms with van der Waals surface area (Å²) in [6.07, 6.45) is 3.60. The van der Waals surface area contributed by atoms with Crippen LogP contribution in [0.5, 0.6) is 0 Å². The minimum Gasteiger partial charge on any atom is -0.338 e. The Kier molecular flexibility index (Phi) is 4.04. The number of aryl methyl sites for hydroxylation is 1. The molecule has 0 bridgehead atoms. The van der Waals surface area contributed by atoms with E-state index in [1.807, 2.05) is 26.2 Å². The zero-order valence-corrected chi connectivity index (χ0v) is 12.8. The minimum absolute atomic E-state index is 0.0947. The molecule has 102 valence electrons. The highest BCUT2D eigenvalue weighted by molar-refractivity contribution is 9.10. The van der Waals surface area contributed by atoms with Crippen molar-refractivity contribution in [3.63, 3.8) is 0 Å². The first-order valence-electron chi connectivity index (χ1n) is 5.92. The molecule has 0 aromatic carbocycles. The first-order chi connectivity index (χ1) is 9.00. The molecule has 19 heavy (non-hydrogen) atoms. The number of rotatable bonds is 4. The molecule has 0 radical (unpaired) electrons. The van der Waals surface area contributed by atoms with Gasteiger partial charge in [0.05, 0.1) is 16.7 Å². The Morgan fingerprint density at radius 2 is 2.26 bits per heavy atom. The molecule has 0 unspecified atom stereocenters. The maximum Gasteiger partial charge on any atom is 0.275 e. The van der Waals surface area contributed by atoms with Crippen molar-refractivity contribution in [3.05, 3.63) is 34.3 Å². The van der Waals surface area contributed by atoms with E-state index >= 15 is 0 Å². The average molecular weight is 326 g/mol. The van der Waals surface area contributed by atoms with E-state index in [2.05, 4.69) is 26.1 Å². The number of halogens is 1. The van der Waals surface area contributed by atoms with Crippen molar-refractivity contribution in [2.45, 2.75) is 13.5 Å². The molecule has 0 aliphatic heterocycles. The molecule has 1 amide bonds. The molecule has 0 atom stereocenters. The van der Waals surface area contributed by atoms with E-state index in [-0.39, 0.29) is 5.91 Å². The van der Waals surface area contributed by atoms with Crippen molar-refractivity contribution in [1.29, 1.82) is 0 Å². The third-order valence-electron chi connectivity index (χ3n) is 3.03. The summed E-state index contributed by atoms with van der Waals surface area (Å²) in [5.74, 6) is -0.0947. The lowest BCUT2D eigenvalue weighted by Crippen LogP contribution is -2.30. The quantitative estimate of drug-likeness (QED) is 0.855. The van der Waals surface area contributed by atoms with E-state index in [1.165, 1.54) is 0 Å². The lowest BCUT2D eigenvalue weighted by Gasteiger charge is -2.16. The molecule has 7 heteroatoms. The van der Waals surface area contributed by atoms with Crippen molar-refractivity contribution < 1.29 is 4.79 Å². The molecule has 2 aromatic heterocycles. The maximum atomic E-state index is 12.3. The van der Waals surface area contributed by atoms with E-state index in [0.717, 1.165) is 10.2 Å². The highest BCUT2D eigenvalue weighted by Crippen LogP contribution is 2.21. The first-order valence-corrected chi connectivity index (χ1v) is 6.72. The molecule has 0 aliphatic rings. The zero-order valence-electron chi connectivity index (χ0n) is 11.2. The van der Waals surface area contributed by atoms with Crippen molar-refractivity contribution in [3.8, 4) is 0 Å². The summed E-state index contributed by atoms with van der Waals surface area (Å²) in [5.41, 5.74) is 1.38. The molecule has 0 saturated carbocycles. The van der Waals surface area contributed by atoms with Crippen LogP contribution in [0, 0.1) is 6.92 Å². The van der Waals surface area contributed by atoms with Gasteiger partial charge in [-0.3, -0.25) is 14.2 Å². The minimum atomic E-state index is -0.0947. The highest BCUT2D eigenvalue weighted by atomic mass is 79.9. The Hall–Kier alpha value is -1.63. The van der Waals surface area contributed by atoms with Gasteiger partial charge in [-0.25, -0.2) is 0 Å². The van der Waals surface area contributed by atoms with Gasteiger partial charge in [-0.15, -0.1) is 0 Å². The van der Waals surface area contributed by atoms with Crippen LogP contribution in [0.25, 0.3) is 0 Å². The molecule has 0 fully saturated rings. The molecular formula is C12H16BrN5O. The van der Waals surface area contributed by atoms with Gasteiger partial charge in [-0.1, -0.05) is 0 Å². The average Bonchev–Trinajstić information content (AvgIpc) is 2.99. The SMILES string of the molecule is Cc1c(Br)c(C(=O)N(C)CCn2cccn2)nn1C. The lowest BCUT2D eigenvalue weighted by atomic mass is 10.3. The van der Waals surface area contributed by atoms with Crippen LogP contribution in [0.1, 0.15) is 16.2 Å². The summed E-state index contributed by atoms with van der Waals surface area (Å²) in [5, 5.41) is 8.34. The topological polar surface area (TPSA) is 56.0 Å². The third kappa shape index (κ3) is 2.86. The van der Waals surface area contributed by atoms with Crippen LogP contribution < -0.4 is 0 Å². The molecule has 0 N–H and O–H groups in total. The van der Waals surface area contributed by atoms with E-state index < -0.39 is 0 Å². The second-order valence-corrected chi connectivity index (χ2v) is 5.16. The fourth-order valence-electron chi connectivity index (χ4n) is 1.69. The third-order valence-corrected chi connectivity index (χ3v) is 3.98. The van der Waals surface area contributed by atoms with Crippen molar-refractivity contribution in [2.75, 3.05) is 13.6 Å². The van der Waals surface area contributed by atoms with E-state index in [0.29, 0.717) is 18.8 Å². The Bertz CT molecular complexity index is 575. The summed E-state index contributed by atoms with van der Waals surface area (Å²) in [6, 6.07) is 1.86. The van der Waals surface area contributed by atoms with Gasteiger partial charge in [0.2, 0.25) is 0 Å². The van der Waals surface area contributed by atoms with Crippen LogP contribution >= 0.6 is 15.9 Å². The molecule has 0 aliphatic carbocycles. The standard InChI is InChI=1S/C12H16BrN5O/c1-9-10(13)11(15-17(9)3)12(19)16(2)7-8-18-6-4-5-14-18/h4-6H,7-8H2,1-3H3. The van der Waals surface area contributed by atoms with Gasteiger partial charge in [0.15, 0.2) is 5.69 Å². The largest absolute Gasteiger partial charge is 0.338 e. The summed E-state index contributed by atoms with van der Waals surface area (Å²) < 4.78 is 4.24. The Balaban J connectivity index is 2.04. The summed E-state index contributed by atoms with van der Waals surface area (Å²) in [7, 11) is 3.59. The van der Waals surface area contributed by atoms with Gasteiger partial charge in [0.25, 0.3) is 5.91 Å². The number of hydrogen-bond acceptors (Lipinski definition) is 3. The number of hydrogen-bond donors (Lipinski definition) is 0. The summed E-state index contributed by atoms with van der Waals surface area (Å²) in [4.78, 5) is 13.9. The number of nitrogens with zero attached hydrogens (tertiary/aromatic N) is 5. The second kappa shape index (κ2) is 5.56. The molecule has 6 nitrogen and oxygen atoms in total. The smallest absolute Gasteiger partial charge is 0.275 e. The predicted octanol–water partition coefficient (Wildman–Crippen LogP) is 1.46. The molecular weight excluding hydrogens is 310 g/mol. The monoisotopic (exact) mass is 325 g/mol. The fraction of sp³-hybridized carbons (Fsp3) is 0.417. The first kappa shape index (κ1) is 13.8. The summed E-state index contributed by atoms with van der Waals surface area (Å²) in [6.45, 7) is 3.17. The highest BCUT2D eigenvalue weighted by Gasteiger charge is 2.20. The predicted molar refractivity (Wildman–Crippen MR) is 74.8 cm³/mol. The molecule has 2 heterocycles. The van der Waals surface area contributed by atoms with Gasteiger partial charge < -0.3 is 4.90 Å². The van der Waals surface area contributed by atoms with Crippen molar-refractivity contribution >= 4 is 21.8 Å². The van der Waals surface area contributed by atoms with Crippen LogP contribution in [0.2, 0.25) is 0 Å². The van der Waals surface area contributed by atoms with Gasteiger partial charge >= 0.3 is 0 Å².